The van der Waals surface area contributed by atoms with E-state index in [9.17, 15) is 14.7 Å². The molecular formula is C14H25N3O4. The van der Waals surface area contributed by atoms with Gasteiger partial charge in [-0.3, -0.25) is 4.79 Å². The fourth-order valence-corrected chi connectivity index (χ4v) is 3.37. The first-order valence-electron chi connectivity index (χ1n) is 7.51. The molecule has 0 saturated carbocycles. The molecule has 2 aliphatic heterocycles. The summed E-state index contributed by atoms with van der Waals surface area (Å²) >= 11 is 0. The Morgan fingerprint density at radius 2 is 2.14 bits per heavy atom. The minimum absolute atomic E-state index is 0.0994. The Kier molecular flexibility index (Phi) is 5.41. The molecule has 2 rings (SSSR count). The van der Waals surface area contributed by atoms with E-state index in [1.165, 1.54) is 0 Å². The number of carboxylic acids is 1. The van der Waals surface area contributed by atoms with Crippen molar-refractivity contribution in [3.63, 3.8) is 0 Å². The molecule has 0 aromatic rings. The van der Waals surface area contributed by atoms with Crippen LogP contribution < -0.4 is 5.32 Å². The highest BCUT2D eigenvalue weighted by Gasteiger charge is 2.51. The van der Waals surface area contributed by atoms with E-state index in [1.54, 1.807) is 12.0 Å². The lowest BCUT2D eigenvalue weighted by Gasteiger charge is -2.24. The number of carbonyl (C=O) groups excluding carboxylic acids is 1. The number of amides is 2. The number of urea groups is 1. The summed E-state index contributed by atoms with van der Waals surface area (Å²) < 4.78 is 5.00. The molecule has 0 aliphatic carbocycles. The number of carboxylic acid groups (broad SMARTS) is 1. The number of likely N-dealkylation sites (N-methyl/N-ethyl adjacent to an activating group) is 1. The second kappa shape index (κ2) is 7.09. The van der Waals surface area contributed by atoms with Crippen molar-refractivity contribution in [2.24, 2.45) is 5.92 Å². The van der Waals surface area contributed by atoms with E-state index in [0.717, 1.165) is 25.9 Å². The van der Waals surface area contributed by atoms with Crippen LogP contribution in [0, 0.1) is 5.92 Å². The van der Waals surface area contributed by atoms with Gasteiger partial charge in [-0.05, 0) is 26.3 Å². The molecule has 2 saturated heterocycles. The zero-order valence-electron chi connectivity index (χ0n) is 12.7. The van der Waals surface area contributed by atoms with Gasteiger partial charge in [0.15, 0.2) is 0 Å². The second-order valence-corrected chi connectivity index (χ2v) is 5.91. The van der Waals surface area contributed by atoms with Crippen LogP contribution in [0.4, 0.5) is 4.79 Å². The maximum Gasteiger partial charge on any atom is 0.317 e. The molecule has 21 heavy (non-hydrogen) atoms. The summed E-state index contributed by atoms with van der Waals surface area (Å²) in [5.41, 5.74) is 0. The van der Waals surface area contributed by atoms with Gasteiger partial charge < -0.3 is 25.0 Å². The van der Waals surface area contributed by atoms with Gasteiger partial charge in [0.25, 0.3) is 0 Å². The first-order chi connectivity index (χ1) is 10.0. The van der Waals surface area contributed by atoms with Crippen LogP contribution in [0.25, 0.3) is 0 Å². The van der Waals surface area contributed by atoms with Crippen LogP contribution in [0.1, 0.15) is 19.3 Å². The summed E-state index contributed by atoms with van der Waals surface area (Å²) in [7, 11) is 3.64. The number of nitrogens with zero attached hydrogens (tertiary/aromatic N) is 2. The monoisotopic (exact) mass is 299 g/mol. The quantitative estimate of drug-likeness (QED) is 0.702. The van der Waals surface area contributed by atoms with E-state index in [4.69, 9.17) is 4.74 Å². The molecule has 3 unspecified atom stereocenters. The summed E-state index contributed by atoms with van der Waals surface area (Å²) in [6, 6.07) is -0.146. The highest BCUT2D eigenvalue weighted by atomic mass is 16.5. The first kappa shape index (κ1) is 16.0. The van der Waals surface area contributed by atoms with Crippen LogP contribution >= 0.6 is 0 Å². The third-order valence-electron chi connectivity index (χ3n) is 4.54. The lowest BCUT2D eigenvalue weighted by atomic mass is 9.89. The number of ether oxygens (including phenoxy) is 1. The van der Waals surface area contributed by atoms with Gasteiger partial charge in [0.05, 0.1) is 12.5 Å². The van der Waals surface area contributed by atoms with Crippen LogP contribution in [-0.4, -0.2) is 79.4 Å². The van der Waals surface area contributed by atoms with Crippen LogP contribution in [0.15, 0.2) is 0 Å². The number of rotatable bonds is 7. The van der Waals surface area contributed by atoms with Gasteiger partial charge in [-0.1, -0.05) is 0 Å². The molecule has 2 aliphatic rings. The summed E-state index contributed by atoms with van der Waals surface area (Å²) in [4.78, 5) is 27.3. The van der Waals surface area contributed by atoms with E-state index in [0.29, 0.717) is 19.6 Å². The largest absolute Gasteiger partial charge is 0.481 e. The third kappa shape index (κ3) is 3.65. The third-order valence-corrected chi connectivity index (χ3v) is 4.54. The van der Waals surface area contributed by atoms with Crippen molar-refractivity contribution >= 4 is 12.0 Å². The van der Waals surface area contributed by atoms with Gasteiger partial charge in [-0.15, -0.1) is 0 Å². The summed E-state index contributed by atoms with van der Waals surface area (Å²) in [5.74, 6) is -1.17. The van der Waals surface area contributed by atoms with Gasteiger partial charge in [-0.25, -0.2) is 4.79 Å². The zero-order valence-corrected chi connectivity index (χ0v) is 12.7. The molecule has 2 bridgehead atoms. The standard InChI is InChI=1S/C14H25N3O4/c1-16(7-8-21-2)6-5-15-14(20)17-10-3-4-12(17)11(9-10)13(18)19/h10-12H,3-9H2,1-2H3,(H,15,20)(H,18,19). The molecule has 2 heterocycles. The van der Waals surface area contributed by atoms with Gasteiger partial charge >= 0.3 is 12.0 Å². The van der Waals surface area contributed by atoms with Crippen LogP contribution in [0.5, 0.6) is 0 Å². The minimum Gasteiger partial charge on any atom is -0.481 e. The predicted octanol–water partition coefficient (Wildman–Crippen LogP) is 0.212. The Morgan fingerprint density at radius 3 is 2.76 bits per heavy atom. The lowest BCUT2D eigenvalue weighted by molar-refractivity contribution is -0.142. The van der Waals surface area contributed by atoms with Crippen LogP contribution in [0.3, 0.4) is 0 Å². The van der Waals surface area contributed by atoms with Crippen molar-refractivity contribution in [2.45, 2.75) is 31.3 Å². The highest BCUT2D eigenvalue weighted by Crippen LogP contribution is 2.41. The average Bonchev–Trinajstić information content (AvgIpc) is 3.02. The predicted molar refractivity (Wildman–Crippen MR) is 77.2 cm³/mol. The van der Waals surface area contributed by atoms with Gasteiger partial charge in [0.2, 0.25) is 0 Å². The van der Waals surface area contributed by atoms with Gasteiger partial charge in [0, 0.05) is 38.8 Å². The highest BCUT2D eigenvalue weighted by molar-refractivity contribution is 5.79. The molecule has 0 radical (unpaired) electrons. The Labute approximate surface area is 125 Å². The zero-order chi connectivity index (χ0) is 15.4. The fraction of sp³-hybridized carbons (Fsp3) is 0.857. The fourth-order valence-electron chi connectivity index (χ4n) is 3.37. The number of nitrogens with one attached hydrogen (secondary N) is 1. The lowest BCUT2D eigenvalue weighted by Crippen LogP contribution is -2.46. The van der Waals surface area contributed by atoms with Crippen molar-refractivity contribution < 1.29 is 19.4 Å². The van der Waals surface area contributed by atoms with Crippen LogP contribution in [-0.2, 0) is 9.53 Å². The van der Waals surface area contributed by atoms with E-state index in [1.807, 2.05) is 7.05 Å². The van der Waals surface area contributed by atoms with E-state index in [-0.39, 0.29) is 24.0 Å². The number of aliphatic carboxylic acids is 1. The van der Waals surface area contributed by atoms with Crippen LogP contribution in [0.2, 0.25) is 0 Å². The maximum atomic E-state index is 12.2. The molecule has 0 spiro atoms. The first-order valence-corrected chi connectivity index (χ1v) is 7.51. The molecule has 3 atom stereocenters. The molecule has 0 aromatic carbocycles. The van der Waals surface area contributed by atoms with E-state index < -0.39 is 5.97 Å². The molecule has 0 aromatic heterocycles. The molecule has 2 amide bonds. The van der Waals surface area contributed by atoms with Crippen molar-refractivity contribution in [1.29, 1.82) is 0 Å². The SMILES string of the molecule is COCCN(C)CCNC(=O)N1C2CCC1C(C(=O)O)C2. The van der Waals surface area contributed by atoms with E-state index >= 15 is 0 Å². The molecule has 7 nitrogen and oxygen atoms in total. The van der Waals surface area contributed by atoms with Gasteiger partial charge in [0.1, 0.15) is 0 Å². The number of carbonyl (C=O) groups is 2. The Balaban J connectivity index is 1.75. The Morgan fingerprint density at radius 1 is 1.38 bits per heavy atom. The molecular weight excluding hydrogens is 274 g/mol. The second-order valence-electron chi connectivity index (χ2n) is 5.91. The smallest absolute Gasteiger partial charge is 0.317 e. The number of methoxy groups -OCH3 is 1. The molecule has 7 heteroatoms. The maximum absolute atomic E-state index is 12.2. The molecule has 2 fully saturated rings. The number of hydrogen-bond donors (Lipinski definition) is 2. The van der Waals surface area contributed by atoms with Crippen molar-refractivity contribution in [2.75, 3.05) is 40.4 Å². The summed E-state index contributed by atoms with van der Waals surface area (Å²) in [6.45, 7) is 2.80. The van der Waals surface area contributed by atoms with Crippen molar-refractivity contribution in [1.82, 2.24) is 15.1 Å². The van der Waals surface area contributed by atoms with Crippen molar-refractivity contribution in [3.8, 4) is 0 Å². The topological polar surface area (TPSA) is 82.1 Å². The number of hydrogen-bond acceptors (Lipinski definition) is 4. The summed E-state index contributed by atoms with van der Waals surface area (Å²) in [5, 5.41) is 12.1. The minimum atomic E-state index is -0.778. The molecule has 120 valence electrons. The Hall–Kier alpha value is -1.34. The normalized spacial score (nSPS) is 27.4. The van der Waals surface area contributed by atoms with Crippen molar-refractivity contribution in [3.05, 3.63) is 0 Å². The van der Waals surface area contributed by atoms with E-state index in [2.05, 4.69) is 10.2 Å². The molecule has 2 N–H and O–H groups in total. The Bertz CT molecular complexity index is 390. The van der Waals surface area contributed by atoms with Gasteiger partial charge in [-0.2, -0.15) is 0 Å². The number of fused-ring (bicyclic) bond motifs is 2. The summed E-state index contributed by atoms with van der Waals surface area (Å²) in [6.07, 6.45) is 2.33. The average molecular weight is 299 g/mol.